The van der Waals surface area contributed by atoms with Gasteiger partial charge in [-0.3, -0.25) is 4.98 Å². The Labute approximate surface area is 156 Å². The van der Waals surface area contributed by atoms with Gasteiger partial charge in [-0.2, -0.15) is 0 Å². The topological polar surface area (TPSA) is 12.9 Å². The van der Waals surface area contributed by atoms with Crippen LogP contribution in [0.4, 0.5) is 0 Å². The Balaban J connectivity index is 1.80. The zero-order chi connectivity index (χ0) is 18.2. The molecule has 130 valence electrons. The third kappa shape index (κ3) is 4.80. The minimum Gasteiger partial charge on any atom is -0.265 e. The number of hydrogen-bond donors (Lipinski definition) is 0. The van der Waals surface area contributed by atoms with Gasteiger partial charge < -0.3 is 0 Å². The summed E-state index contributed by atoms with van der Waals surface area (Å²) in [5.41, 5.74) is 7.59. The fraction of sp³-hybridized carbons (Fsp3) is 0.160. The molecule has 0 atom stereocenters. The van der Waals surface area contributed by atoms with Gasteiger partial charge in [0.05, 0.1) is 0 Å². The van der Waals surface area contributed by atoms with E-state index in [1.165, 1.54) is 33.4 Å². The molecule has 0 saturated heterocycles. The summed E-state index contributed by atoms with van der Waals surface area (Å²) in [6.07, 6.45) is 14.3. The molecule has 0 aliphatic rings. The van der Waals surface area contributed by atoms with E-state index in [0.717, 1.165) is 12.8 Å². The van der Waals surface area contributed by atoms with E-state index in [9.17, 15) is 0 Å². The number of allylic oxidation sites excluding steroid dienone is 4. The number of pyridine rings is 1. The molecule has 0 spiro atoms. The molecular weight excluding hydrogens is 314 g/mol. The largest absolute Gasteiger partial charge is 0.265 e. The smallest absolute Gasteiger partial charge is 0.0273 e. The zero-order valence-electron chi connectivity index (χ0n) is 15.5. The lowest BCUT2D eigenvalue weighted by Crippen LogP contribution is -1.87. The summed E-state index contributed by atoms with van der Waals surface area (Å²) in [6.45, 7) is 4.32. The van der Waals surface area contributed by atoms with Gasteiger partial charge in [0.1, 0.15) is 0 Å². The van der Waals surface area contributed by atoms with Crippen molar-refractivity contribution in [1.29, 1.82) is 0 Å². The maximum Gasteiger partial charge on any atom is 0.0273 e. The molecule has 0 radical (unpaired) electrons. The molecule has 0 amide bonds. The summed E-state index contributed by atoms with van der Waals surface area (Å²) in [6, 6.07) is 19.7. The molecule has 1 nitrogen and oxygen atoms in total. The molecule has 0 fully saturated rings. The van der Waals surface area contributed by atoms with Crippen molar-refractivity contribution in [3.8, 4) is 22.3 Å². The Morgan fingerprint density at radius 3 is 2.04 bits per heavy atom. The third-order valence-corrected chi connectivity index (χ3v) is 4.34. The summed E-state index contributed by atoms with van der Waals surface area (Å²) < 4.78 is 0. The molecule has 3 aromatic rings. The van der Waals surface area contributed by atoms with Crippen molar-refractivity contribution in [2.45, 2.75) is 26.7 Å². The summed E-state index contributed by atoms with van der Waals surface area (Å²) in [5.74, 6) is 0. The van der Waals surface area contributed by atoms with Crippen LogP contribution in [0.1, 0.15) is 24.5 Å². The molecular formula is C25H25N. The van der Waals surface area contributed by atoms with Crippen LogP contribution >= 0.6 is 0 Å². The number of hydrogen-bond acceptors (Lipinski definition) is 1. The second-order valence-electron chi connectivity index (χ2n) is 6.49. The van der Waals surface area contributed by atoms with Crippen molar-refractivity contribution in [2.75, 3.05) is 0 Å². The van der Waals surface area contributed by atoms with Gasteiger partial charge in [0.15, 0.2) is 0 Å². The van der Waals surface area contributed by atoms with Crippen LogP contribution in [0.3, 0.4) is 0 Å². The van der Waals surface area contributed by atoms with Crippen LogP contribution in [0.2, 0.25) is 0 Å². The van der Waals surface area contributed by atoms with E-state index in [1.807, 2.05) is 24.5 Å². The number of rotatable bonds is 6. The van der Waals surface area contributed by atoms with Crippen LogP contribution in [0.25, 0.3) is 22.3 Å². The van der Waals surface area contributed by atoms with Gasteiger partial charge in [0, 0.05) is 12.4 Å². The van der Waals surface area contributed by atoms with Crippen molar-refractivity contribution in [3.05, 3.63) is 102 Å². The second kappa shape index (κ2) is 8.96. The van der Waals surface area contributed by atoms with E-state index in [2.05, 4.69) is 85.6 Å². The molecule has 2 aromatic carbocycles. The van der Waals surface area contributed by atoms with E-state index in [1.54, 1.807) is 0 Å². The van der Waals surface area contributed by atoms with E-state index < -0.39 is 0 Å². The van der Waals surface area contributed by atoms with Gasteiger partial charge in [-0.1, -0.05) is 79.3 Å². The molecule has 1 heterocycles. The minimum absolute atomic E-state index is 0.956. The fourth-order valence-electron chi connectivity index (χ4n) is 3.04. The summed E-state index contributed by atoms with van der Waals surface area (Å²) in [4.78, 5) is 4.09. The fourth-order valence-corrected chi connectivity index (χ4v) is 3.04. The number of aromatic nitrogens is 1. The molecule has 0 saturated carbocycles. The quantitative estimate of drug-likeness (QED) is 0.451. The minimum atomic E-state index is 0.956. The lowest BCUT2D eigenvalue weighted by atomic mass is 9.97. The Morgan fingerprint density at radius 1 is 0.731 bits per heavy atom. The highest BCUT2D eigenvalue weighted by atomic mass is 14.6. The Hall–Kier alpha value is -2.93. The third-order valence-electron chi connectivity index (χ3n) is 4.34. The van der Waals surface area contributed by atoms with Crippen LogP contribution in [0.5, 0.6) is 0 Å². The molecule has 3 rings (SSSR count). The van der Waals surface area contributed by atoms with E-state index in [0.29, 0.717) is 0 Å². The highest BCUT2D eigenvalue weighted by Crippen LogP contribution is 2.26. The number of aryl methyl sites for hydroxylation is 1. The zero-order valence-corrected chi connectivity index (χ0v) is 15.5. The first kappa shape index (κ1) is 17.9. The van der Waals surface area contributed by atoms with Crippen molar-refractivity contribution < 1.29 is 0 Å². The van der Waals surface area contributed by atoms with E-state index >= 15 is 0 Å². The van der Waals surface area contributed by atoms with Crippen molar-refractivity contribution >= 4 is 0 Å². The predicted octanol–water partition coefficient (Wildman–Crippen LogP) is 6.79. The van der Waals surface area contributed by atoms with Crippen LogP contribution < -0.4 is 0 Å². The molecule has 0 unspecified atom stereocenters. The van der Waals surface area contributed by atoms with Crippen molar-refractivity contribution in [3.63, 3.8) is 0 Å². The molecule has 1 heteroatoms. The SMILES string of the molecule is CC/C=C\C=C/Cc1cc(C)cc(-c2ccc(-c3ccncc3)cc2)c1. The van der Waals surface area contributed by atoms with Gasteiger partial charge in [0.25, 0.3) is 0 Å². The number of benzene rings is 2. The highest BCUT2D eigenvalue weighted by molar-refractivity contribution is 5.71. The maximum absolute atomic E-state index is 4.09. The van der Waals surface area contributed by atoms with Crippen molar-refractivity contribution in [1.82, 2.24) is 4.98 Å². The molecule has 0 aliphatic carbocycles. The van der Waals surface area contributed by atoms with Crippen LogP contribution in [0.15, 0.2) is 91.3 Å². The van der Waals surface area contributed by atoms with Crippen molar-refractivity contribution in [2.24, 2.45) is 0 Å². The molecule has 0 N–H and O–H groups in total. The molecule has 0 aliphatic heterocycles. The lowest BCUT2D eigenvalue weighted by Gasteiger charge is -2.08. The van der Waals surface area contributed by atoms with Crippen LogP contribution in [-0.2, 0) is 6.42 Å². The van der Waals surface area contributed by atoms with Gasteiger partial charge in [0.2, 0.25) is 0 Å². The lowest BCUT2D eigenvalue weighted by molar-refractivity contribution is 1.22. The average Bonchev–Trinajstić information content (AvgIpc) is 2.68. The molecule has 26 heavy (non-hydrogen) atoms. The monoisotopic (exact) mass is 339 g/mol. The molecule has 0 bridgehead atoms. The molecule has 1 aromatic heterocycles. The highest BCUT2D eigenvalue weighted by Gasteiger charge is 2.03. The number of nitrogens with zero attached hydrogens (tertiary/aromatic N) is 1. The Kier molecular flexibility index (Phi) is 6.16. The average molecular weight is 339 g/mol. The first-order chi connectivity index (χ1) is 12.8. The summed E-state index contributed by atoms with van der Waals surface area (Å²) >= 11 is 0. The standard InChI is InChI=1S/C25H25N/c1-3-4-5-6-7-8-21-17-20(2)18-25(19-21)23-11-9-22(10-12-23)24-13-15-26-16-14-24/h4-7,9-19H,3,8H2,1-2H3/b5-4-,7-6-. The van der Waals surface area contributed by atoms with E-state index in [-0.39, 0.29) is 0 Å². The van der Waals surface area contributed by atoms with Gasteiger partial charge >= 0.3 is 0 Å². The van der Waals surface area contributed by atoms with Crippen LogP contribution in [-0.4, -0.2) is 4.98 Å². The maximum atomic E-state index is 4.09. The normalized spacial score (nSPS) is 11.5. The first-order valence-electron chi connectivity index (χ1n) is 9.19. The van der Waals surface area contributed by atoms with Gasteiger partial charge in [-0.25, -0.2) is 0 Å². The first-order valence-corrected chi connectivity index (χ1v) is 9.19. The Bertz CT molecular complexity index is 887. The second-order valence-corrected chi connectivity index (χ2v) is 6.49. The van der Waals surface area contributed by atoms with Gasteiger partial charge in [-0.15, -0.1) is 0 Å². The van der Waals surface area contributed by atoms with Crippen LogP contribution in [0, 0.1) is 6.92 Å². The predicted molar refractivity (Wildman–Crippen MR) is 112 cm³/mol. The summed E-state index contributed by atoms with van der Waals surface area (Å²) in [7, 11) is 0. The Morgan fingerprint density at radius 2 is 1.35 bits per heavy atom. The summed E-state index contributed by atoms with van der Waals surface area (Å²) in [5, 5.41) is 0. The van der Waals surface area contributed by atoms with E-state index in [4.69, 9.17) is 0 Å². The van der Waals surface area contributed by atoms with Gasteiger partial charge in [-0.05, 0) is 59.7 Å².